The number of allylic oxidation sites excluding steroid dienone is 1. The van der Waals surface area contributed by atoms with Gasteiger partial charge in [0.05, 0.1) is 11.5 Å². The van der Waals surface area contributed by atoms with Crippen LogP contribution in [0.1, 0.15) is 33.1 Å². The first-order valence-corrected chi connectivity index (χ1v) is 8.58. The molecule has 0 fully saturated rings. The summed E-state index contributed by atoms with van der Waals surface area (Å²) in [6, 6.07) is 17.9. The van der Waals surface area contributed by atoms with Gasteiger partial charge in [-0.3, -0.25) is 5.10 Å². The highest BCUT2D eigenvalue weighted by Crippen LogP contribution is 2.42. The average Bonchev–Trinajstić information content (AvgIpc) is 3.08. The Morgan fingerprint density at radius 2 is 1.93 bits per heavy atom. The molecule has 138 valence electrons. The number of nitrogens with one attached hydrogen (secondary N) is 1. The smallest absolute Gasteiger partial charge is 0.343 e. The van der Waals surface area contributed by atoms with Gasteiger partial charge >= 0.3 is 5.97 Å². The number of aryl methyl sites for hydroxylation is 1. The normalized spacial score (nSPS) is 15.4. The maximum Gasteiger partial charge on any atom is 0.343 e. The quantitative estimate of drug-likeness (QED) is 0.539. The molecule has 7 heteroatoms. The first-order valence-electron chi connectivity index (χ1n) is 8.58. The summed E-state index contributed by atoms with van der Waals surface area (Å²) in [6.07, 6.45) is 0. The zero-order valence-corrected chi connectivity index (χ0v) is 15.0. The Balaban J connectivity index is 1.64. The molecule has 0 saturated carbocycles. The Bertz CT molecular complexity index is 1110. The second-order valence-electron chi connectivity index (χ2n) is 6.32. The van der Waals surface area contributed by atoms with Crippen LogP contribution in [-0.2, 0) is 0 Å². The number of esters is 1. The molecule has 3 aromatic rings. The standard InChI is InChI=1S/C21H16N4O3/c1-12-17-18(16(11-22)19(23)28-20(17)25-24-12)13-7-9-15(10-8-13)27-21(26)14-5-3-2-4-6-14/h2-10,18H,23H2,1H3,(H,24,25). The first kappa shape index (κ1) is 17.4. The number of carbonyl (C=O) groups is 1. The molecule has 0 bridgehead atoms. The predicted octanol–water partition coefficient (Wildman–Crippen LogP) is 3.16. The van der Waals surface area contributed by atoms with E-state index in [1.807, 2.05) is 13.0 Å². The predicted molar refractivity (Wildman–Crippen MR) is 100 cm³/mol. The van der Waals surface area contributed by atoms with E-state index in [0.29, 0.717) is 22.8 Å². The lowest BCUT2D eigenvalue weighted by molar-refractivity contribution is 0.0734. The van der Waals surface area contributed by atoms with Crippen LogP contribution in [0.4, 0.5) is 0 Å². The molecule has 7 nitrogen and oxygen atoms in total. The first-order chi connectivity index (χ1) is 13.6. The lowest BCUT2D eigenvalue weighted by Crippen LogP contribution is -2.21. The third kappa shape index (κ3) is 2.97. The van der Waals surface area contributed by atoms with Crippen LogP contribution in [-0.4, -0.2) is 16.2 Å². The zero-order chi connectivity index (χ0) is 19.7. The number of aromatic nitrogens is 2. The Hall–Kier alpha value is -4.05. The van der Waals surface area contributed by atoms with Crippen LogP contribution >= 0.6 is 0 Å². The molecule has 1 aliphatic rings. The van der Waals surface area contributed by atoms with Crippen molar-refractivity contribution < 1.29 is 14.3 Å². The van der Waals surface area contributed by atoms with Crippen molar-refractivity contribution in [2.75, 3.05) is 0 Å². The summed E-state index contributed by atoms with van der Waals surface area (Å²) in [5.41, 5.74) is 9.06. The van der Waals surface area contributed by atoms with Gasteiger partial charge in [-0.05, 0) is 36.8 Å². The molecule has 2 heterocycles. The van der Waals surface area contributed by atoms with Crippen LogP contribution in [0.5, 0.6) is 11.6 Å². The SMILES string of the molecule is Cc1[nH]nc2c1C(c1ccc(OC(=O)c3ccccc3)cc1)C(C#N)=C(N)O2. The summed E-state index contributed by atoms with van der Waals surface area (Å²) < 4.78 is 10.9. The van der Waals surface area contributed by atoms with Crippen molar-refractivity contribution in [1.29, 1.82) is 5.26 Å². The maximum atomic E-state index is 12.2. The van der Waals surface area contributed by atoms with Crippen LogP contribution in [0.25, 0.3) is 0 Å². The summed E-state index contributed by atoms with van der Waals surface area (Å²) >= 11 is 0. The van der Waals surface area contributed by atoms with Crippen molar-refractivity contribution in [3.8, 4) is 17.7 Å². The van der Waals surface area contributed by atoms with E-state index >= 15 is 0 Å². The highest BCUT2D eigenvalue weighted by atomic mass is 16.5. The second-order valence-corrected chi connectivity index (χ2v) is 6.32. The fourth-order valence-corrected chi connectivity index (χ4v) is 3.20. The number of fused-ring (bicyclic) bond motifs is 1. The third-order valence-electron chi connectivity index (χ3n) is 4.56. The number of hydrogen-bond acceptors (Lipinski definition) is 6. The second kappa shape index (κ2) is 6.93. The molecule has 28 heavy (non-hydrogen) atoms. The number of hydrogen-bond donors (Lipinski definition) is 2. The van der Waals surface area contributed by atoms with Crippen LogP contribution in [0.15, 0.2) is 66.1 Å². The molecule has 0 spiro atoms. The van der Waals surface area contributed by atoms with Crippen LogP contribution in [0.2, 0.25) is 0 Å². The number of H-pyrrole nitrogens is 1. The van der Waals surface area contributed by atoms with Gasteiger partial charge in [0, 0.05) is 11.3 Å². The van der Waals surface area contributed by atoms with E-state index in [4.69, 9.17) is 15.2 Å². The summed E-state index contributed by atoms with van der Waals surface area (Å²) in [7, 11) is 0. The number of nitrogens with zero attached hydrogens (tertiary/aromatic N) is 2. The van der Waals surface area contributed by atoms with E-state index in [1.54, 1.807) is 48.5 Å². The van der Waals surface area contributed by atoms with Crippen LogP contribution in [0, 0.1) is 18.3 Å². The molecular weight excluding hydrogens is 356 g/mol. The van der Waals surface area contributed by atoms with E-state index in [-0.39, 0.29) is 5.88 Å². The minimum Gasteiger partial charge on any atom is -0.423 e. The summed E-state index contributed by atoms with van der Waals surface area (Å²) in [4.78, 5) is 12.2. The number of aromatic amines is 1. The molecule has 1 aliphatic heterocycles. The van der Waals surface area contributed by atoms with E-state index < -0.39 is 11.9 Å². The van der Waals surface area contributed by atoms with Crippen molar-refractivity contribution in [1.82, 2.24) is 10.2 Å². The molecule has 0 amide bonds. The molecule has 4 rings (SSSR count). The largest absolute Gasteiger partial charge is 0.423 e. The van der Waals surface area contributed by atoms with E-state index in [9.17, 15) is 10.1 Å². The molecule has 0 aliphatic carbocycles. The van der Waals surface area contributed by atoms with E-state index in [1.165, 1.54) is 0 Å². The third-order valence-corrected chi connectivity index (χ3v) is 4.56. The molecule has 3 N–H and O–H groups in total. The number of nitriles is 1. The van der Waals surface area contributed by atoms with Gasteiger partial charge in [-0.25, -0.2) is 4.79 Å². The van der Waals surface area contributed by atoms with Crippen molar-refractivity contribution in [3.63, 3.8) is 0 Å². The highest BCUT2D eigenvalue weighted by molar-refractivity contribution is 5.90. The Kier molecular flexibility index (Phi) is 4.30. The number of rotatable bonds is 3. The summed E-state index contributed by atoms with van der Waals surface area (Å²) in [6.45, 7) is 1.86. The van der Waals surface area contributed by atoms with Gasteiger partial charge in [0.25, 0.3) is 0 Å². The number of ether oxygens (including phenoxy) is 2. The molecular formula is C21H16N4O3. The summed E-state index contributed by atoms with van der Waals surface area (Å²) in [5, 5.41) is 16.5. The van der Waals surface area contributed by atoms with Gasteiger partial charge in [0.15, 0.2) is 0 Å². The molecule has 1 unspecified atom stereocenters. The van der Waals surface area contributed by atoms with Gasteiger partial charge in [-0.2, -0.15) is 5.26 Å². The van der Waals surface area contributed by atoms with Crippen LogP contribution < -0.4 is 15.2 Å². The lowest BCUT2D eigenvalue weighted by atomic mass is 9.84. The highest BCUT2D eigenvalue weighted by Gasteiger charge is 2.34. The molecule has 0 radical (unpaired) electrons. The van der Waals surface area contributed by atoms with Gasteiger partial charge in [-0.1, -0.05) is 30.3 Å². The minimum atomic E-state index is -0.436. The zero-order valence-electron chi connectivity index (χ0n) is 15.0. The monoisotopic (exact) mass is 372 g/mol. The fraction of sp³-hybridized carbons (Fsp3) is 0.0952. The average molecular weight is 372 g/mol. The fourth-order valence-electron chi connectivity index (χ4n) is 3.20. The summed E-state index contributed by atoms with van der Waals surface area (Å²) in [5.74, 6) is -0.0467. The van der Waals surface area contributed by atoms with E-state index in [2.05, 4.69) is 16.3 Å². The van der Waals surface area contributed by atoms with Crippen molar-refractivity contribution in [2.24, 2.45) is 5.73 Å². The number of nitrogens with two attached hydrogens (primary N) is 1. The Morgan fingerprint density at radius 3 is 2.61 bits per heavy atom. The molecule has 0 saturated heterocycles. The van der Waals surface area contributed by atoms with Gasteiger partial charge in [0.2, 0.25) is 11.8 Å². The van der Waals surface area contributed by atoms with Crippen molar-refractivity contribution in [2.45, 2.75) is 12.8 Å². The Labute approximate surface area is 161 Å². The van der Waals surface area contributed by atoms with Gasteiger partial charge < -0.3 is 15.2 Å². The number of carbonyl (C=O) groups excluding carboxylic acids is 1. The molecule has 2 aromatic carbocycles. The Morgan fingerprint density at radius 1 is 1.21 bits per heavy atom. The number of benzene rings is 2. The van der Waals surface area contributed by atoms with Gasteiger partial charge in [0.1, 0.15) is 17.4 Å². The van der Waals surface area contributed by atoms with Crippen molar-refractivity contribution in [3.05, 3.63) is 88.4 Å². The molecule has 1 atom stereocenters. The van der Waals surface area contributed by atoms with Gasteiger partial charge in [-0.15, -0.1) is 5.10 Å². The minimum absolute atomic E-state index is 0.0334. The topological polar surface area (TPSA) is 114 Å². The van der Waals surface area contributed by atoms with Crippen LogP contribution in [0.3, 0.4) is 0 Å². The lowest BCUT2D eigenvalue weighted by Gasteiger charge is -2.23. The maximum absolute atomic E-state index is 12.2. The van der Waals surface area contributed by atoms with Crippen molar-refractivity contribution >= 4 is 5.97 Å². The molecule has 1 aromatic heterocycles. The van der Waals surface area contributed by atoms with E-state index in [0.717, 1.165) is 16.8 Å².